The maximum Gasteiger partial charge on any atom is 0.185 e. The Balaban J connectivity index is 2.03. The molecule has 3 aromatic rings. The van der Waals surface area contributed by atoms with Crippen LogP contribution in [0.5, 0.6) is 5.75 Å². The number of phenols is 1. The third-order valence-corrected chi connectivity index (χ3v) is 3.38. The van der Waals surface area contributed by atoms with E-state index in [1.165, 1.54) is 6.07 Å². The second-order valence-corrected chi connectivity index (χ2v) is 4.71. The van der Waals surface area contributed by atoms with Gasteiger partial charge in [0.1, 0.15) is 5.75 Å². The van der Waals surface area contributed by atoms with E-state index in [9.17, 15) is 5.11 Å². The average molecular weight is 258 g/mol. The second kappa shape index (κ2) is 4.15. The summed E-state index contributed by atoms with van der Waals surface area (Å²) < 4.78 is 0. The van der Waals surface area contributed by atoms with E-state index in [1.807, 2.05) is 17.5 Å². The van der Waals surface area contributed by atoms with Crippen LogP contribution in [-0.2, 0) is 0 Å². The number of nitrogen functional groups attached to an aromatic ring is 1. The fourth-order valence-corrected chi connectivity index (χ4v) is 2.31. The number of nitrogens with zero attached hydrogens (tertiary/aromatic N) is 2. The van der Waals surface area contributed by atoms with Gasteiger partial charge in [0.2, 0.25) is 0 Å². The van der Waals surface area contributed by atoms with Crippen LogP contribution in [0.15, 0.2) is 35.7 Å². The number of nitrogens with two attached hydrogens (primary N) is 1. The zero-order valence-corrected chi connectivity index (χ0v) is 10.1. The zero-order chi connectivity index (χ0) is 12.5. The number of phenolic OH excluding ortho intramolecular Hbond substituents is 1. The quantitative estimate of drug-likeness (QED) is 0.616. The molecule has 0 aliphatic heterocycles. The number of anilines is 1. The normalized spacial score (nSPS) is 10.7. The fraction of sp³-hybridized carbons (Fsp3) is 0. The molecule has 0 saturated heterocycles. The Morgan fingerprint density at radius 2 is 2.17 bits per heavy atom. The first-order chi connectivity index (χ1) is 8.74. The van der Waals surface area contributed by atoms with Crippen molar-refractivity contribution in [1.82, 2.24) is 15.2 Å². The van der Waals surface area contributed by atoms with E-state index in [2.05, 4.69) is 15.2 Å². The van der Waals surface area contributed by atoms with Crippen LogP contribution in [0.4, 0.5) is 5.69 Å². The van der Waals surface area contributed by atoms with Gasteiger partial charge in [0.05, 0.1) is 10.4 Å². The van der Waals surface area contributed by atoms with Crippen LogP contribution >= 0.6 is 11.3 Å². The number of rotatable bonds is 2. The third-order valence-electron chi connectivity index (χ3n) is 2.50. The number of H-pyrrole nitrogens is 1. The standard InChI is InChI=1S/C12H10N4OS/c13-7-3-4-8(9(17)6-7)11-14-12(16-15-11)10-2-1-5-18-10/h1-6,17H,13H2,(H,14,15,16). The molecule has 0 atom stereocenters. The molecule has 0 unspecified atom stereocenters. The van der Waals surface area contributed by atoms with E-state index in [1.54, 1.807) is 23.5 Å². The van der Waals surface area contributed by atoms with E-state index in [-0.39, 0.29) is 5.75 Å². The van der Waals surface area contributed by atoms with Gasteiger partial charge in [-0.05, 0) is 23.6 Å². The summed E-state index contributed by atoms with van der Waals surface area (Å²) in [6.45, 7) is 0. The molecule has 90 valence electrons. The summed E-state index contributed by atoms with van der Waals surface area (Å²) in [6.07, 6.45) is 0. The molecule has 0 saturated carbocycles. The summed E-state index contributed by atoms with van der Waals surface area (Å²) in [5, 5.41) is 18.7. The molecule has 0 amide bonds. The van der Waals surface area contributed by atoms with Gasteiger partial charge >= 0.3 is 0 Å². The van der Waals surface area contributed by atoms with Gasteiger partial charge in [-0.3, -0.25) is 5.10 Å². The van der Waals surface area contributed by atoms with Gasteiger partial charge in [-0.15, -0.1) is 11.3 Å². The molecule has 0 aliphatic rings. The molecule has 0 aliphatic carbocycles. The Labute approximate surface area is 107 Å². The van der Waals surface area contributed by atoms with E-state index >= 15 is 0 Å². The summed E-state index contributed by atoms with van der Waals surface area (Å²) in [5.74, 6) is 1.22. The third kappa shape index (κ3) is 1.82. The molecular weight excluding hydrogens is 248 g/mol. The van der Waals surface area contributed by atoms with E-state index < -0.39 is 0 Å². The first kappa shape index (κ1) is 10.8. The molecule has 2 aromatic heterocycles. The van der Waals surface area contributed by atoms with Crippen molar-refractivity contribution in [3.8, 4) is 27.8 Å². The summed E-state index contributed by atoms with van der Waals surface area (Å²) in [6, 6.07) is 8.79. The number of benzene rings is 1. The number of aromatic nitrogens is 3. The number of hydrogen-bond donors (Lipinski definition) is 3. The highest BCUT2D eigenvalue weighted by molar-refractivity contribution is 7.13. The second-order valence-electron chi connectivity index (χ2n) is 3.76. The molecule has 5 nitrogen and oxygen atoms in total. The number of thiophene rings is 1. The molecule has 0 radical (unpaired) electrons. The molecule has 2 heterocycles. The molecular formula is C12H10N4OS. The predicted molar refractivity (Wildman–Crippen MR) is 71.2 cm³/mol. The van der Waals surface area contributed by atoms with Crippen LogP contribution in [0, 0.1) is 0 Å². The van der Waals surface area contributed by atoms with Gasteiger partial charge in [0.25, 0.3) is 0 Å². The minimum absolute atomic E-state index is 0.0757. The minimum Gasteiger partial charge on any atom is -0.507 e. The number of aromatic hydroxyl groups is 1. The van der Waals surface area contributed by atoms with Crippen molar-refractivity contribution in [2.24, 2.45) is 0 Å². The molecule has 6 heteroatoms. The highest BCUT2D eigenvalue weighted by atomic mass is 32.1. The van der Waals surface area contributed by atoms with E-state index in [0.717, 1.165) is 4.88 Å². The highest BCUT2D eigenvalue weighted by Gasteiger charge is 2.11. The van der Waals surface area contributed by atoms with Gasteiger partial charge < -0.3 is 10.8 Å². The molecule has 0 bridgehead atoms. The average Bonchev–Trinajstić information content (AvgIpc) is 2.99. The lowest BCUT2D eigenvalue weighted by Crippen LogP contribution is -1.86. The Morgan fingerprint density at radius 3 is 2.89 bits per heavy atom. The summed E-state index contributed by atoms with van der Waals surface area (Å²) in [7, 11) is 0. The van der Waals surface area contributed by atoms with Crippen molar-refractivity contribution < 1.29 is 5.11 Å². The van der Waals surface area contributed by atoms with Crippen LogP contribution in [0.2, 0.25) is 0 Å². The maximum atomic E-state index is 9.81. The number of aromatic amines is 1. The Bertz CT molecular complexity index is 675. The van der Waals surface area contributed by atoms with Crippen LogP contribution in [0.25, 0.3) is 22.1 Å². The molecule has 0 fully saturated rings. The number of nitrogens with one attached hydrogen (secondary N) is 1. The van der Waals surface area contributed by atoms with Crippen LogP contribution in [-0.4, -0.2) is 20.3 Å². The Kier molecular flexibility index (Phi) is 2.49. The molecule has 3 rings (SSSR count). The molecule has 0 spiro atoms. The first-order valence-corrected chi connectivity index (χ1v) is 6.17. The van der Waals surface area contributed by atoms with Crippen LogP contribution < -0.4 is 5.73 Å². The van der Waals surface area contributed by atoms with Crippen molar-refractivity contribution >= 4 is 17.0 Å². The maximum absolute atomic E-state index is 9.81. The van der Waals surface area contributed by atoms with Crippen molar-refractivity contribution in [3.63, 3.8) is 0 Å². The van der Waals surface area contributed by atoms with E-state index in [4.69, 9.17) is 5.73 Å². The van der Waals surface area contributed by atoms with Crippen molar-refractivity contribution in [2.75, 3.05) is 5.73 Å². The first-order valence-electron chi connectivity index (χ1n) is 5.29. The molecule has 4 N–H and O–H groups in total. The zero-order valence-electron chi connectivity index (χ0n) is 9.29. The lowest BCUT2D eigenvalue weighted by atomic mass is 10.2. The molecule has 1 aromatic carbocycles. The van der Waals surface area contributed by atoms with Gasteiger partial charge in [-0.25, -0.2) is 4.98 Å². The van der Waals surface area contributed by atoms with Crippen LogP contribution in [0.3, 0.4) is 0 Å². The van der Waals surface area contributed by atoms with Gasteiger partial charge in [0, 0.05) is 11.8 Å². The topological polar surface area (TPSA) is 87.8 Å². The summed E-state index contributed by atoms with van der Waals surface area (Å²) in [5.41, 5.74) is 6.64. The minimum atomic E-state index is 0.0757. The lowest BCUT2D eigenvalue weighted by Gasteiger charge is -2.00. The highest BCUT2D eigenvalue weighted by Crippen LogP contribution is 2.30. The van der Waals surface area contributed by atoms with Crippen molar-refractivity contribution in [1.29, 1.82) is 0 Å². The molecule has 18 heavy (non-hydrogen) atoms. The van der Waals surface area contributed by atoms with E-state index in [0.29, 0.717) is 22.9 Å². The Hall–Kier alpha value is -2.34. The summed E-state index contributed by atoms with van der Waals surface area (Å²) >= 11 is 1.57. The summed E-state index contributed by atoms with van der Waals surface area (Å²) in [4.78, 5) is 5.36. The smallest absolute Gasteiger partial charge is 0.185 e. The van der Waals surface area contributed by atoms with Gasteiger partial charge in [-0.2, -0.15) is 5.10 Å². The SMILES string of the molecule is Nc1ccc(-c2n[nH]c(-c3cccs3)n2)c(O)c1. The van der Waals surface area contributed by atoms with Gasteiger partial charge in [0.15, 0.2) is 11.6 Å². The van der Waals surface area contributed by atoms with Crippen molar-refractivity contribution in [2.45, 2.75) is 0 Å². The lowest BCUT2D eigenvalue weighted by molar-refractivity contribution is 0.477. The Morgan fingerprint density at radius 1 is 1.28 bits per heavy atom. The number of hydrogen-bond acceptors (Lipinski definition) is 5. The fourth-order valence-electron chi connectivity index (χ4n) is 1.64. The van der Waals surface area contributed by atoms with Crippen LogP contribution in [0.1, 0.15) is 0 Å². The predicted octanol–water partition coefficient (Wildman–Crippen LogP) is 2.49. The van der Waals surface area contributed by atoms with Crippen molar-refractivity contribution in [3.05, 3.63) is 35.7 Å². The largest absolute Gasteiger partial charge is 0.507 e. The monoisotopic (exact) mass is 258 g/mol. The van der Waals surface area contributed by atoms with Gasteiger partial charge in [-0.1, -0.05) is 6.07 Å².